The van der Waals surface area contributed by atoms with Gasteiger partial charge in [0, 0.05) is 32.7 Å². The lowest BCUT2D eigenvalue weighted by Gasteiger charge is -2.40. The van der Waals surface area contributed by atoms with Gasteiger partial charge in [0.1, 0.15) is 5.84 Å². The maximum atomic E-state index is 13.2. The van der Waals surface area contributed by atoms with Gasteiger partial charge in [0.15, 0.2) is 0 Å². The molecule has 0 amide bonds. The van der Waals surface area contributed by atoms with E-state index in [2.05, 4.69) is 20.1 Å². The third-order valence-corrected chi connectivity index (χ3v) is 4.41. The molecule has 1 unspecified atom stereocenters. The summed E-state index contributed by atoms with van der Waals surface area (Å²) in [7, 11) is 2.03. The lowest BCUT2D eigenvalue weighted by molar-refractivity contribution is -0.138. The van der Waals surface area contributed by atoms with Crippen molar-refractivity contribution in [3.05, 3.63) is 35.4 Å². The molecule has 7 heteroatoms. The largest absolute Gasteiger partial charge is 0.416 e. The van der Waals surface area contributed by atoms with Crippen LogP contribution in [0.3, 0.4) is 0 Å². The van der Waals surface area contributed by atoms with Crippen LogP contribution in [-0.2, 0) is 12.7 Å². The van der Waals surface area contributed by atoms with Gasteiger partial charge in [-0.2, -0.15) is 13.2 Å². The summed E-state index contributed by atoms with van der Waals surface area (Å²) >= 11 is 0. The lowest BCUT2D eigenvalue weighted by atomic mass is 10.0. The van der Waals surface area contributed by atoms with Crippen LogP contribution in [-0.4, -0.2) is 61.4 Å². The predicted octanol–water partition coefficient (Wildman–Crippen LogP) is 1.82. The zero-order valence-corrected chi connectivity index (χ0v) is 13.1. The number of halogens is 3. The second-order valence-electron chi connectivity index (χ2n) is 6.10. The van der Waals surface area contributed by atoms with E-state index < -0.39 is 11.7 Å². The SMILES string of the molecule is CN1CCN(Cc2ccccc2C(F)(F)F)C(C2=NCCN2)C1. The molecule has 23 heavy (non-hydrogen) atoms. The second kappa shape index (κ2) is 6.49. The number of hydrogen-bond acceptors (Lipinski definition) is 4. The smallest absolute Gasteiger partial charge is 0.371 e. The van der Waals surface area contributed by atoms with Gasteiger partial charge in [-0.15, -0.1) is 0 Å². The Labute approximate surface area is 134 Å². The van der Waals surface area contributed by atoms with Gasteiger partial charge >= 0.3 is 6.18 Å². The third kappa shape index (κ3) is 3.67. The molecule has 1 fully saturated rings. The highest BCUT2D eigenvalue weighted by Crippen LogP contribution is 2.32. The molecule has 1 atom stereocenters. The van der Waals surface area contributed by atoms with Crippen molar-refractivity contribution in [2.75, 3.05) is 39.8 Å². The van der Waals surface area contributed by atoms with Crippen molar-refractivity contribution in [3.63, 3.8) is 0 Å². The van der Waals surface area contributed by atoms with Crippen molar-refractivity contribution in [3.8, 4) is 0 Å². The van der Waals surface area contributed by atoms with E-state index in [1.54, 1.807) is 12.1 Å². The molecule has 0 spiro atoms. The van der Waals surface area contributed by atoms with E-state index in [9.17, 15) is 13.2 Å². The van der Waals surface area contributed by atoms with E-state index in [0.717, 1.165) is 44.6 Å². The monoisotopic (exact) mass is 326 g/mol. The van der Waals surface area contributed by atoms with Crippen molar-refractivity contribution in [1.82, 2.24) is 15.1 Å². The lowest BCUT2D eigenvalue weighted by Crippen LogP contribution is -2.57. The molecular weight excluding hydrogens is 305 g/mol. The number of amidine groups is 1. The zero-order chi connectivity index (χ0) is 16.4. The van der Waals surface area contributed by atoms with Crippen LogP contribution in [0.1, 0.15) is 11.1 Å². The Morgan fingerprint density at radius 1 is 1.26 bits per heavy atom. The minimum atomic E-state index is -4.32. The number of alkyl halides is 3. The van der Waals surface area contributed by atoms with Crippen LogP contribution in [0.5, 0.6) is 0 Å². The van der Waals surface area contributed by atoms with Gasteiger partial charge in [-0.05, 0) is 18.7 Å². The van der Waals surface area contributed by atoms with Crippen LogP contribution in [0, 0.1) is 0 Å². The molecule has 126 valence electrons. The van der Waals surface area contributed by atoms with E-state index in [0.29, 0.717) is 5.56 Å². The van der Waals surface area contributed by atoms with Crippen LogP contribution >= 0.6 is 0 Å². The Balaban J connectivity index is 1.83. The standard InChI is InChI=1S/C16H21F3N4/c1-22-8-9-23(14(11-22)15-20-6-7-21-15)10-12-4-2-3-5-13(12)16(17,18)19/h2-5,14H,6-11H2,1H3,(H,20,21). The molecule has 0 bridgehead atoms. The summed E-state index contributed by atoms with van der Waals surface area (Å²) in [5.74, 6) is 0.904. The van der Waals surface area contributed by atoms with Crippen molar-refractivity contribution in [2.24, 2.45) is 4.99 Å². The van der Waals surface area contributed by atoms with E-state index in [4.69, 9.17) is 0 Å². The molecule has 2 aliphatic heterocycles. The first-order valence-corrected chi connectivity index (χ1v) is 7.81. The van der Waals surface area contributed by atoms with Gasteiger partial charge in [-0.25, -0.2) is 0 Å². The molecule has 3 rings (SSSR count). The van der Waals surface area contributed by atoms with Gasteiger partial charge in [-0.3, -0.25) is 9.89 Å². The number of rotatable bonds is 3. The summed E-state index contributed by atoms with van der Waals surface area (Å²) in [5.41, 5.74) is -0.216. The van der Waals surface area contributed by atoms with E-state index in [-0.39, 0.29) is 12.6 Å². The topological polar surface area (TPSA) is 30.9 Å². The molecule has 1 saturated heterocycles. The van der Waals surface area contributed by atoms with Crippen LogP contribution in [0.25, 0.3) is 0 Å². The average molecular weight is 326 g/mol. The number of nitrogens with one attached hydrogen (secondary N) is 1. The fourth-order valence-corrected chi connectivity index (χ4v) is 3.20. The summed E-state index contributed by atoms with van der Waals surface area (Å²) in [5, 5.41) is 3.27. The van der Waals surface area contributed by atoms with E-state index >= 15 is 0 Å². The minimum absolute atomic E-state index is 0.0255. The molecule has 1 aromatic rings. The summed E-state index contributed by atoms with van der Waals surface area (Å²) in [4.78, 5) is 8.76. The van der Waals surface area contributed by atoms with Crippen LogP contribution in [0.15, 0.2) is 29.3 Å². The molecule has 2 aliphatic rings. The van der Waals surface area contributed by atoms with E-state index in [1.807, 2.05) is 7.05 Å². The fraction of sp³-hybridized carbons (Fsp3) is 0.562. The first kappa shape index (κ1) is 16.3. The number of likely N-dealkylation sites (N-methyl/N-ethyl adjacent to an activating group) is 1. The Kier molecular flexibility index (Phi) is 4.59. The molecule has 0 saturated carbocycles. The van der Waals surface area contributed by atoms with Crippen LogP contribution < -0.4 is 5.32 Å². The molecule has 0 aliphatic carbocycles. The number of hydrogen-bond donors (Lipinski definition) is 1. The predicted molar refractivity (Wildman–Crippen MR) is 83.4 cm³/mol. The molecule has 2 heterocycles. The maximum Gasteiger partial charge on any atom is 0.416 e. The van der Waals surface area contributed by atoms with Gasteiger partial charge in [0.2, 0.25) is 0 Å². The molecule has 0 aromatic heterocycles. The first-order valence-electron chi connectivity index (χ1n) is 7.81. The first-order chi connectivity index (χ1) is 10.9. The number of benzene rings is 1. The number of nitrogens with zero attached hydrogens (tertiary/aromatic N) is 3. The Morgan fingerprint density at radius 3 is 2.74 bits per heavy atom. The molecular formula is C16H21F3N4. The molecule has 0 radical (unpaired) electrons. The van der Waals surface area contributed by atoms with Crippen molar-refractivity contribution >= 4 is 5.84 Å². The Bertz CT molecular complexity index is 585. The summed E-state index contributed by atoms with van der Waals surface area (Å²) in [6.45, 7) is 4.19. The highest BCUT2D eigenvalue weighted by molar-refractivity contribution is 5.89. The zero-order valence-electron chi connectivity index (χ0n) is 13.1. The number of piperazine rings is 1. The Morgan fingerprint density at radius 2 is 2.04 bits per heavy atom. The second-order valence-corrected chi connectivity index (χ2v) is 6.10. The summed E-state index contributed by atoms with van der Waals surface area (Å²) < 4.78 is 39.6. The Hall–Kier alpha value is -1.60. The minimum Gasteiger partial charge on any atom is -0.371 e. The van der Waals surface area contributed by atoms with Gasteiger partial charge in [0.25, 0.3) is 0 Å². The average Bonchev–Trinajstić information content (AvgIpc) is 3.03. The summed E-state index contributed by atoms with van der Waals surface area (Å²) in [6, 6.07) is 5.86. The molecule has 1 aromatic carbocycles. The van der Waals surface area contributed by atoms with Gasteiger partial charge < -0.3 is 10.2 Å². The third-order valence-electron chi connectivity index (χ3n) is 4.41. The normalized spacial score (nSPS) is 23.7. The molecule has 4 nitrogen and oxygen atoms in total. The highest BCUT2D eigenvalue weighted by atomic mass is 19.4. The van der Waals surface area contributed by atoms with Crippen molar-refractivity contribution < 1.29 is 13.2 Å². The highest BCUT2D eigenvalue weighted by Gasteiger charge is 2.35. The maximum absolute atomic E-state index is 13.2. The van der Waals surface area contributed by atoms with Crippen LogP contribution in [0.2, 0.25) is 0 Å². The molecule has 1 N–H and O–H groups in total. The summed E-state index contributed by atoms with van der Waals surface area (Å²) in [6.07, 6.45) is -4.32. The van der Waals surface area contributed by atoms with Crippen LogP contribution in [0.4, 0.5) is 13.2 Å². The van der Waals surface area contributed by atoms with E-state index in [1.165, 1.54) is 6.07 Å². The van der Waals surface area contributed by atoms with Gasteiger partial charge in [0.05, 0.1) is 18.2 Å². The number of aliphatic imine (C=N–C) groups is 1. The fourth-order valence-electron chi connectivity index (χ4n) is 3.20. The van der Waals surface area contributed by atoms with Gasteiger partial charge in [-0.1, -0.05) is 18.2 Å². The quantitative estimate of drug-likeness (QED) is 0.919. The van der Waals surface area contributed by atoms with Crippen molar-refractivity contribution in [2.45, 2.75) is 18.8 Å². The van der Waals surface area contributed by atoms with Crippen molar-refractivity contribution in [1.29, 1.82) is 0 Å².